The van der Waals surface area contributed by atoms with Gasteiger partial charge in [-0.1, -0.05) is 13.8 Å². The molecule has 106 valence electrons. The first-order chi connectivity index (χ1) is 9.06. The van der Waals surface area contributed by atoms with Gasteiger partial charge in [0.05, 0.1) is 0 Å². The smallest absolute Gasteiger partial charge is 0.134 e. The Labute approximate surface area is 124 Å². The molecule has 0 N–H and O–H groups in total. The molecule has 0 spiro atoms. The fourth-order valence-corrected chi connectivity index (χ4v) is 2.68. The van der Waals surface area contributed by atoms with Crippen molar-refractivity contribution < 1.29 is 0 Å². The number of likely N-dealkylation sites (N-methyl/N-ethyl adjacent to an activating group) is 1. The first kappa shape index (κ1) is 14.7. The number of halogens is 1. The average molecular weight is 327 g/mol. The quantitative estimate of drug-likeness (QED) is 0.779. The zero-order chi connectivity index (χ0) is 13.8. The number of aromatic nitrogens is 2. The summed E-state index contributed by atoms with van der Waals surface area (Å²) in [6.07, 6.45) is 2.69. The standard InChI is InChI=1S/C14H23BrN4/c1-11(2)14-16-12(15)10-13(17-14)18(3)8-9-19-6-4-5-7-19/h10-11H,4-9H2,1-3H3. The van der Waals surface area contributed by atoms with E-state index in [1.54, 1.807) is 0 Å². The summed E-state index contributed by atoms with van der Waals surface area (Å²) in [5.74, 6) is 2.26. The normalized spacial score (nSPS) is 16.3. The molecule has 5 heteroatoms. The largest absolute Gasteiger partial charge is 0.358 e. The lowest BCUT2D eigenvalue weighted by Crippen LogP contribution is -2.32. The lowest BCUT2D eigenvalue weighted by Gasteiger charge is -2.23. The molecule has 1 fully saturated rings. The summed E-state index contributed by atoms with van der Waals surface area (Å²) in [5.41, 5.74) is 0. The van der Waals surface area contributed by atoms with Gasteiger partial charge in [0.25, 0.3) is 0 Å². The molecule has 19 heavy (non-hydrogen) atoms. The maximum atomic E-state index is 4.64. The van der Waals surface area contributed by atoms with Crippen molar-refractivity contribution >= 4 is 21.7 Å². The highest BCUT2D eigenvalue weighted by Crippen LogP contribution is 2.19. The van der Waals surface area contributed by atoms with E-state index in [0.29, 0.717) is 5.92 Å². The van der Waals surface area contributed by atoms with Crippen LogP contribution in [0.5, 0.6) is 0 Å². The van der Waals surface area contributed by atoms with Crippen LogP contribution >= 0.6 is 15.9 Å². The second-order valence-electron chi connectivity index (χ2n) is 5.53. The Balaban J connectivity index is 1.99. The Morgan fingerprint density at radius 2 is 2.00 bits per heavy atom. The van der Waals surface area contributed by atoms with Crippen LogP contribution in [0.4, 0.5) is 5.82 Å². The second kappa shape index (κ2) is 6.66. The summed E-state index contributed by atoms with van der Waals surface area (Å²) in [6, 6.07) is 2.00. The molecule has 1 aromatic rings. The number of nitrogens with zero attached hydrogens (tertiary/aromatic N) is 4. The molecular formula is C14H23BrN4. The molecule has 0 bridgehead atoms. The van der Waals surface area contributed by atoms with Crippen molar-refractivity contribution in [3.63, 3.8) is 0 Å². The van der Waals surface area contributed by atoms with Crippen LogP contribution in [0.3, 0.4) is 0 Å². The molecule has 0 saturated carbocycles. The Morgan fingerprint density at radius 1 is 1.32 bits per heavy atom. The number of anilines is 1. The lowest BCUT2D eigenvalue weighted by atomic mass is 10.2. The SMILES string of the molecule is CC(C)c1nc(Br)cc(N(C)CCN2CCCC2)n1. The first-order valence-electron chi connectivity index (χ1n) is 7.04. The second-order valence-corrected chi connectivity index (χ2v) is 6.34. The van der Waals surface area contributed by atoms with Crippen LogP contribution in [0.2, 0.25) is 0 Å². The van der Waals surface area contributed by atoms with Gasteiger partial charge in [-0.15, -0.1) is 0 Å². The van der Waals surface area contributed by atoms with Crippen molar-refractivity contribution in [2.24, 2.45) is 0 Å². The van der Waals surface area contributed by atoms with Crippen LogP contribution in [-0.2, 0) is 0 Å². The van der Waals surface area contributed by atoms with Gasteiger partial charge in [0.15, 0.2) is 0 Å². The third-order valence-corrected chi connectivity index (χ3v) is 3.96. The number of rotatable bonds is 5. The van der Waals surface area contributed by atoms with Crippen molar-refractivity contribution in [3.05, 3.63) is 16.5 Å². The maximum Gasteiger partial charge on any atom is 0.134 e. The molecule has 4 nitrogen and oxygen atoms in total. The van der Waals surface area contributed by atoms with E-state index in [9.17, 15) is 0 Å². The molecule has 0 atom stereocenters. The third-order valence-electron chi connectivity index (χ3n) is 3.56. The van der Waals surface area contributed by atoms with Gasteiger partial charge >= 0.3 is 0 Å². The highest BCUT2D eigenvalue weighted by molar-refractivity contribution is 9.10. The summed E-state index contributed by atoms with van der Waals surface area (Å²) >= 11 is 3.48. The van der Waals surface area contributed by atoms with E-state index in [0.717, 1.165) is 29.3 Å². The molecule has 0 aliphatic carbocycles. The molecule has 2 heterocycles. The monoisotopic (exact) mass is 326 g/mol. The van der Waals surface area contributed by atoms with Crippen molar-refractivity contribution in [2.75, 3.05) is 38.1 Å². The minimum Gasteiger partial charge on any atom is -0.358 e. The zero-order valence-electron chi connectivity index (χ0n) is 12.1. The minimum absolute atomic E-state index is 0.350. The minimum atomic E-state index is 0.350. The van der Waals surface area contributed by atoms with Gasteiger partial charge in [0, 0.05) is 32.1 Å². The average Bonchev–Trinajstić information content (AvgIpc) is 2.88. The van der Waals surface area contributed by atoms with Crippen LogP contribution in [0, 0.1) is 0 Å². The molecule has 0 unspecified atom stereocenters. The van der Waals surface area contributed by atoms with Crippen molar-refractivity contribution in [3.8, 4) is 0 Å². The molecule has 1 saturated heterocycles. The molecule has 2 rings (SSSR count). The molecule has 0 amide bonds. The fraction of sp³-hybridized carbons (Fsp3) is 0.714. The summed E-state index contributed by atoms with van der Waals surface area (Å²) in [4.78, 5) is 13.8. The van der Waals surface area contributed by atoms with Gasteiger partial charge in [0.1, 0.15) is 16.2 Å². The number of likely N-dealkylation sites (tertiary alicyclic amines) is 1. The summed E-state index contributed by atoms with van der Waals surface area (Å²) < 4.78 is 0.870. The molecule has 1 aromatic heterocycles. The lowest BCUT2D eigenvalue weighted by molar-refractivity contribution is 0.346. The topological polar surface area (TPSA) is 32.3 Å². The Bertz CT molecular complexity index is 416. The molecular weight excluding hydrogens is 304 g/mol. The first-order valence-corrected chi connectivity index (χ1v) is 7.83. The predicted molar refractivity (Wildman–Crippen MR) is 82.8 cm³/mol. The third kappa shape index (κ3) is 4.14. The maximum absolute atomic E-state index is 4.64. The highest BCUT2D eigenvalue weighted by Gasteiger charge is 2.14. The zero-order valence-corrected chi connectivity index (χ0v) is 13.7. The number of hydrogen-bond donors (Lipinski definition) is 0. The van der Waals surface area contributed by atoms with E-state index < -0.39 is 0 Å². The summed E-state index contributed by atoms with van der Waals surface area (Å²) in [6.45, 7) is 8.87. The van der Waals surface area contributed by atoms with Gasteiger partial charge in [-0.05, 0) is 41.9 Å². The molecule has 1 aliphatic rings. The van der Waals surface area contributed by atoms with Gasteiger partial charge in [-0.2, -0.15) is 0 Å². The van der Waals surface area contributed by atoms with Gasteiger partial charge in [-0.3, -0.25) is 0 Å². The van der Waals surface area contributed by atoms with Crippen LogP contribution in [0.1, 0.15) is 38.4 Å². The van der Waals surface area contributed by atoms with Crippen LogP contribution in [-0.4, -0.2) is 48.1 Å². The van der Waals surface area contributed by atoms with E-state index in [4.69, 9.17) is 0 Å². The molecule has 0 aromatic carbocycles. The van der Waals surface area contributed by atoms with Crippen molar-refractivity contribution in [1.82, 2.24) is 14.9 Å². The van der Waals surface area contributed by atoms with Crippen molar-refractivity contribution in [2.45, 2.75) is 32.6 Å². The van der Waals surface area contributed by atoms with E-state index >= 15 is 0 Å². The van der Waals surface area contributed by atoms with Gasteiger partial charge in [0.2, 0.25) is 0 Å². The predicted octanol–water partition coefficient (Wildman–Crippen LogP) is 2.89. The van der Waals surface area contributed by atoms with Crippen molar-refractivity contribution in [1.29, 1.82) is 0 Å². The van der Waals surface area contributed by atoms with E-state index in [-0.39, 0.29) is 0 Å². The number of hydrogen-bond acceptors (Lipinski definition) is 4. The fourth-order valence-electron chi connectivity index (χ4n) is 2.29. The molecule has 0 radical (unpaired) electrons. The highest BCUT2D eigenvalue weighted by atomic mass is 79.9. The van der Waals surface area contributed by atoms with E-state index in [2.05, 4.69) is 56.6 Å². The Morgan fingerprint density at radius 3 is 2.63 bits per heavy atom. The van der Waals surface area contributed by atoms with Crippen LogP contribution in [0.25, 0.3) is 0 Å². The summed E-state index contributed by atoms with van der Waals surface area (Å²) in [5, 5.41) is 0. The van der Waals surface area contributed by atoms with E-state index in [1.165, 1.54) is 25.9 Å². The summed E-state index contributed by atoms with van der Waals surface area (Å²) in [7, 11) is 2.11. The Kier molecular flexibility index (Phi) is 5.16. The van der Waals surface area contributed by atoms with Crippen LogP contribution in [0.15, 0.2) is 10.7 Å². The molecule has 1 aliphatic heterocycles. The Hall–Kier alpha value is -0.680. The van der Waals surface area contributed by atoms with Gasteiger partial charge < -0.3 is 9.80 Å². The van der Waals surface area contributed by atoms with E-state index in [1.807, 2.05) is 6.07 Å². The van der Waals surface area contributed by atoms with Crippen LogP contribution < -0.4 is 4.90 Å². The van der Waals surface area contributed by atoms with Gasteiger partial charge in [-0.25, -0.2) is 9.97 Å².